The Morgan fingerprint density at radius 1 is 1.31 bits per heavy atom. The molecular weight excluding hydrogens is 210 g/mol. The number of hydrogen-bond acceptors (Lipinski definition) is 4. The molecule has 0 rings (SSSR count). The van der Waals surface area contributed by atoms with Crippen molar-refractivity contribution in [3.63, 3.8) is 0 Å². The lowest BCUT2D eigenvalue weighted by atomic mass is 10.1. The summed E-state index contributed by atoms with van der Waals surface area (Å²) < 4.78 is 5.06. The van der Waals surface area contributed by atoms with Gasteiger partial charge in [0, 0.05) is 6.54 Å². The van der Waals surface area contributed by atoms with E-state index in [1.165, 1.54) is 0 Å². The molecule has 0 aliphatic rings. The lowest BCUT2D eigenvalue weighted by Crippen LogP contribution is -2.34. The summed E-state index contributed by atoms with van der Waals surface area (Å²) in [6.07, 6.45) is -0.752. The molecule has 0 saturated carbocycles. The van der Waals surface area contributed by atoms with Gasteiger partial charge in [0.2, 0.25) is 0 Å². The van der Waals surface area contributed by atoms with E-state index < -0.39 is 18.0 Å². The SMILES string of the molecule is CC(CCC(O)O)CNC(=O)OC(C)(C)C. The fraction of sp³-hybridized carbons (Fsp3) is 0.909. The Balaban J connectivity index is 3.67. The Kier molecular flexibility index (Phi) is 6.36. The van der Waals surface area contributed by atoms with Crippen molar-refractivity contribution in [2.24, 2.45) is 5.92 Å². The number of amides is 1. The number of carbonyl (C=O) groups is 1. The molecule has 1 amide bonds. The summed E-state index contributed by atoms with van der Waals surface area (Å²) in [7, 11) is 0. The van der Waals surface area contributed by atoms with Crippen LogP contribution in [0.5, 0.6) is 0 Å². The Morgan fingerprint density at radius 3 is 2.31 bits per heavy atom. The van der Waals surface area contributed by atoms with Gasteiger partial charge < -0.3 is 20.3 Å². The highest BCUT2D eigenvalue weighted by molar-refractivity contribution is 5.67. The minimum absolute atomic E-state index is 0.189. The standard InChI is InChI=1S/C11H23NO4/c1-8(5-6-9(13)14)7-12-10(15)16-11(2,3)4/h8-9,13-14H,5-7H2,1-4H3,(H,12,15). The highest BCUT2D eigenvalue weighted by Crippen LogP contribution is 2.08. The average Bonchev–Trinajstić information content (AvgIpc) is 2.08. The van der Waals surface area contributed by atoms with Crippen LogP contribution in [0.15, 0.2) is 0 Å². The third-order valence-corrected chi connectivity index (χ3v) is 1.91. The maximum absolute atomic E-state index is 11.3. The highest BCUT2D eigenvalue weighted by Gasteiger charge is 2.16. The molecule has 0 spiro atoms. The molecule has 0 aromatic carbocycles. The zero-order chi connectivity index (χ0) is 12.8. The Hall–Kier alpha value is -0.810. The van der Waals surface area contributed by atoms with E-state index in [9.17, 15) is 4.79 Å². The van der Waals surface area contributed by atoms with Crippen LogP contribution in [0.2, 0.25) is 0 Å². The van der Waals surface area contributed by atoms with Crippen LogP contribution in [0.3, 0.4) is 0 Å². The van der Waals surface area contributed by atoms with Crippen molar-refractivity contribution in [3.05, 3.63) is 0 Å². The second-order valence-corrected chi connectivity index (χ2v) is 5.05. The molecule has 0 fully saturated rings. The van der Waals surface area contributed by atoms with Gasteiger partial charge >= 0.3 is 6.09 Å². The van der Waals surface area contributed by atoms with Gasteiger partial charge in [0.25, 0.3) is 0 Å². The highest BCUT2D eigenvalue weighted by atomic mass is 16.6. The maximum atomic E-state index is 11.3. The predicted molar refractivity (Wildman–Crippen MR) is 60.9 cm³/mol. The maximum Gasteiger partial charge on any atom is 0.407 e. The van der Waals surface area contributed by atoms with Crippen LogP contribution in [0.25, 0.3) is 0 Å². The molecule has 0 bridgehead atoms. The smallest absolute Gasteiger partial charge is 0.407 e. The number of aliphatic hydroxyl groups excluding tert-OH is 1. The molecule has 0 radical (unpaired) electrons. The van der Waals surface area contributed by atoms with E-state index in [-0.39, 0.29) is 5.92 Å². The summed E-state index contributed by atoms with van der Waals surface area (Å²) in [5, 5.41) is 20.0. The van der Waals surface area contributed by atoms with Gasteiger partial charge in [-0.1, -0.05) is 6.92 Å². The van der Waals surface area contributed by atoms with Gasteiger partial charge in [0.1, 0.15) is 5.60 Å². The summed E-state index contributed by atoms with van der Waals surface area (Å²) in [6, 6.07) is 0. The molecule has 3 N–H and O–H groups in total. The summed E-state index contributed by atoms with van der Waals surface area (Å²) in [6.45, 7) is 7.82. The zero-order valence-electron chi connectivity index (χ0n) is 10.5. The molecule has 0 aromatic rings. The fourth-order valence-electron chi connectivity index (χ4n) is 1.11. The first kappa shape index (κ1) is 15.2. The summed E-state index contributed by atoms with van der Waals surface area (Å²) in [5.41, 5.74) is -0.491. The van der Waals surface area contributed by atoms with Crippen molar-refractivity contribution in [1.82, 2.24) is 5.32 Å². The number of rotatable bonds is 5. The third-order valence-electron chi connectivity index (χ3n) is 1.91. The van der Waals surface area contributed by atoms with E-state index >= 15 is 0 Å². The first-order valence-electron chi connectivity index (χ1n) is 5.53. The van der Waals surface area contributed by atoms with Crippen LogP contribution in [0.1, 0.15) is 40.5 Å². The second kappa shape index (κ2) is 6.70. The lowest BCUT2D eigenvalue weighted by Gasteiger charge is -2.20. The van der Waals surface area contributed by atoms with Crippen molar-refractivity contribution < 1.29 is 19.7 Å². The number of aliphatic hydroxyl groups is 2. The Labute approximate surface area is 96.8 Å². The molecule has 96 valence electrons. The van der Waals surface area contributed by atoms with Crippen LogP contribution in [0, 0.1) is 5.92 Å². The Bertz CT molecular complexity index is 211. The minimum Gasteiger partial charge on any atom is -0.444 e. The van der Waals surface area contributed by atoms with Gasteiger partial charge in [-0.05, 0) is 39.5 Å². The largest absolute Gasteiger partial charge is 0.444 e. The van der Waals surface area contributed by atoms with E-state index in [0.29, 0.717) is 19.4 Å². The lowest BCUT2D eigenvalue weighted by molar-refractivity contribution is -0.0484. The number of carbonyl (C=O) groups excluding carboxylic acids is 1. The van der Waals surface area contributed by atoms with Gasteiger partial charge in [-0.15, -0.1) is 0 Å². The van der Waals surface area contributed by atoms with E-state index in [4.69, 9.17) is 14.9 Å². The first-order valence-corrected chi connectivity index (χ1v) is 5.53. The molecule has 0 aliphatic heterocycles. The molecule has 1 unspecified atom stereocenters. The van der Waals surface area contributed by atoms with E-state index in [1.54, 1.807) is 20.8 Å². The van der Waals surface area contributed by atoms with Gasteiger partial charge in [0.05, 0.1) is 0 Å². The predicted octanol–water partition coefficient (Wildman–Crippen LogP) is 1.24. The molecule has 0 aromatic heterocycles. The van der Waals surface area contributed by atoms with Crippen LogP contribution in [0.4, 0.5) is 4.79 Å². The number of hydrogen-bond donors (Lipinski definition) is 3. The average molecular weight is 233 g/mol. The molecular formula is C11H23NO4. The number of ether oxygens (including phenoxy) is 1. The first-order chi connectivity index (χ1) is 7.20. The monoisotopic (exact) mass is 233 g/mol. The van der Waals surface area contributed by atoms with Gasteiger partial charge in [0.15, 0.2) is 6.29 Å². The van der Waals surface area contributed by atoms with Gasteiger partial charge in [-0.2, -0.15) is 0 Å². The van der Waals surface area contributed by atoms with Crippen LogP contribution >= 0.6 is 0 Å². The molecule has 0 heterocycles. The van der Waals surface area contributed by atoms with Crippen LogP contribution in [-0.2, 0) is 4.74 Å². The summed E-state index contributed by atoms with van der Waals surface area (Å²) in [5.74, 6) is 0.189. The zero-order valence-corrected chi connectivity index (χ0v) is 10.5. The summed E-state index contributed by atoms with van der Waals surface area (Å²) in [4.78, 5) is 11.3. The molecule has 0 saturated heterocycles. The van der Waals surface area contributed by atoms with Crippen molar-refractivity contribution >= 4 is 6.09 Å². The van der Waals surface area contributed by atoms with Gasteiger partial charge in [-0.3, -0.25) is 0 Å². The molecule has 5 heteroatoms. The van der Waals surface area contributed by atoms with Crippen molar-refractivity contribution in [1.29, 1.82) is 0 Å². The van der Waals surface area contributed by atoms with Gasteiger partial charge in [-0.25, -0.2) is 4.79 Å². The topological polar surface area (TPSA) is 78.8 Å². The summed E-state index contributed by atoms with van der Waals surface area (Å²) >= 11 is 0. The van der Waals surface area contributed by atoms with Crippen LogP contribution < -0.4 is 5.32 Å². The normalized spacial score (nSPS) is 13.7. The van der Waals surface area contributed by atoms with E-state index in [1.807, 2.05) is 6.92 Å². The third kappa shape index (κ3) is 9.73. The van der Waals surface area contributed by atoms with E-state index in [0.717, 1.165) is 0 Å². The molecule has 0 aliphatic carbocycles. The fourth-order valence-corrected chi connectivity index (χ4v) is 1.11. The number of nitrogens with one attached hydrogen (secondary N) is 1. The van der Waals surface area contributed by atoms with E-state index in [2.05, 4.69) is 5.32 Å². The molecule has 5 nitrogen and oxygen atoms in total. The molecule has 16 heavy (non-hydrogen) atoms. The van der Waals surface area contributed by atoms with Crippen molar-refractivity contribution in [2.45, 2.75) is 52.4 Å². The minimum atomic E-state index is -1.27. The Morgan fingerprint density at radius 2 is 1.88 bits per heavy atom. The number of alkyl carbamates (subject to hydrolysis) is 1. The van der Waals surface area contributed by atoms with Crippen molar-refractivity contribution in [2.75, 3.05) is 6.54 Å². The van der Waals surface area contributed by atoms with Crippen molar-refractivity contribution in [3.8, 4) is 0 Å². The second-order valence-electron chi connectivity index (χ2n) is 5.05. The quantitative estimate of drug-likeness (QED) is 0.624. The van der Waals surface area contributed by atoms with Crippen LogP contribution in [-0.4, -0.2) is 34.7 Å². The molecule has 1 atom stereocenters.